The first-order chi connectivity index (χ1) is 11.9. The molecular weight excluding hydrogens is 320 g/mol. The van der Waals surface area contributed by atoms with Crippen LogP contribution < -0.4 is 0 Å². The van der Waals surface area contributed by atoms with E-state index in [0.717, 1.165) is 19.4 Å². The highest BCUT2D eigenvalue weighted by Crippen LogP contribution is 2.33. The Hall–Kier alpha value is -2.25. The summed E-state index contributed by atoms with van der Waals surface area (Å²) in [7, 11) is 0. The van der Waals surface area contributed by atoms with Crippen molar-refractivity contribution in [3.63, 3.8) is 0 Å². The summed E-state index contributed by atoms with van der Waals surface area (Å²) >= 11 is 0. The second-order valence-corrected chi connectivity index (χ2v) is 6.91. The lowest BCUT2D eigenvalue weighted by Crippen LogP contribution is -2.34. The van der Waals surface area contributed by atoms with Crippen molar-refractivity contribution in [3.8, 4) is 0 Å². The van der Waals surface area contributed by atoms with E-state index in [9.17, 15) is 15.2 Å². The summed E-state index contributed by atoms with van der Waals surface area (Å²) in [5, 5.41) is 25.1. The highest BCUT2D eigenvalue weighted by Gasteiger charge is 2.28. The van der Waals surface area contributed by atoms with E-state index in [4.69, 9.17) is 0 Å². The Balaban J connectivity index is 1.65. The fourth-order valence-electron chi connectivity index (χ4n) is 3.72. The molecule has 1 saturated heterocycles. The van der Waals surface area contributed by atoms with E-state index < -0.39 is 11.0 Å². The Bertz CT molecular complexity index is 738. The molecule has 1 N–H and O–H groups in total. The predicted octanol–water partition coefficient (Wildman–Crippen LogP) is 2.61. The molecule has 0 spiro atoms. The summed E-state index contributed by atoms with van der Waals surface area (Å²) in [4.78, 5) is 12.5. The summed E-state index contributed by atoms with van der Waals surface area (Å²) in [5.74, 6) is 0. The van der Waals surface area contributed by atoms with Crippen LogP contribution in [-0.4, -0.2) is 43.9 Å². The van der Waals surface area contributed by atoms with Crippen LogP contribution in [0, 0.1) is 24.0 Å². The number of hydrogen-bond donors (Lipinski definition) is 1. The van der Waals surface area contributed by atoms with Crippen LogP contribution in [0.3, 0.4) is 0 Å². The molecule has 1 aliphatic rings. The minimum atomic E-state index is -0.619. The molecule has 1 aromatic carbocycles. The second kappa shape index (κ2) is 7.33. The van der Waals surface area contributed by atoms with Gasteiger partial charge in [-0.05, 0) is 38.8 Å². The zero-order valence-corrected chi connectivity index (χ0v) is 14.6. The molecule has 134 valence electrons. The van der Waals surface area contributed by atoms with Crippen LogP contribution in [0.4, 0.5) is 5.69 Å². The molecule has 2 heterocycles. The molecular formula is C18H24N4O3. The fourth-order valence-corrected chi connectivity index (χ4v) is 3.72. The topological polar surface area (TPSA) is 84.4 Å². The third-order valence-corrected chi connectivity index (χ3v) is 4.67. The predicted molar refractivity (Wildman–Crippen MR) is 94.4 cm³/mol. The minimum Gasteiger partial charge on any atom is -0.390 e. The number of benzene rings is 1. The van der Waals surface area contributed by atoms with Crippen LogP contribution in [0.25, 0.3) is 0 Å². The number of nitro groups is 1. The summed E-state index contributed by atoms with van der Waals surface area (Å²) < 4.78 is 1.44. The number of rotatable bonds is 6. The maximum atomic E-state index is 10.7. The Morgan fingerprint density at radius 1 is 1.32 bits per heavy atom. The summed E-state index contributed by atoms with van der Waals surface area (Å²) in [6, 6.07) is 6.93. The summed E-state index contributed by atoms with van der Waals surface area (Å²) in [6.07, 6.45) is 4.14. The van der Waals surface area contributed by atoms with Crippen LogP contribution in [0.2, 0.25) is 0 Å². The molecule has 0 radical (unpaired) electrons. The third-order valence-electron chi connectivity index (χ3n) is 4.67. The Labute approximate surface area is 147 Å². The average molecular weight is 344 g/mol. The molecule has 1 fully saturated rings. The molecule has 7 nitrogen and oxygen atoms in total. The number of aryl methyl sites for hydroxylation is 2. The molecule has 25 heavy (non-hydrogen) atoms. The van der Waals surface area contributed by atoms with Crippen LogP contribution in [0.1, 0.15) is 35.6 Å². The SMILES string of the molecule is Cc1cc(C)cc(C2CCCN2CC(O)Cn2cc([N+](=O)[O-])cn2)c1. The van der Waals surface area contributed by atoms with Crippen LogP contribution in [-0.2, 0) is 6.54 Å². The molecule has 0 saturated carbocycles. The van der Waals surface area contributed by atoms with Gasteiger partial charge in [-0.15, -0.1) is 0 Å². The lowest BCUT2D eigenvalue weighted by Gasteiger charge is -2.27. The number of aliphatic hydroxyl groups excluding tert-OH is 1. The molecule has 2 unspecified atom stereocenters. The fraction of sp³-hybridized carbons (Fsp3) is 0.500. The van der Waals surface area contributed by atoms with Crippen LogP contribution in [0.15, 0.2) is 30.6 Å². The summed E-state index contributed by atoms with van der Waals surface area (Å²) in [6.45, 7) is 5.95. The molecule has 0 amide bonds. The van der Waals surface area contributed by atoms with Crippen molar-refractivity contribution in [1.82, 2.24) is 14.7 Å². The first-order valence-electron chi connectivity index (χ1n) is 8.59. The van der Waals surface area contributed by atoms with E-state index in [2.05, 4.69) is 42.0 Å². The van der Waals surface area contributed by atoms with E-state index in [0.29, 0.717) is 12.6 Å². The quantitative estimate of drug-likeness (QED) is 0.643. The highest BCUT2D eigenvalue weighted by molar-refractivity contribution is 5.31. The molecule has 7 heteroatoms. The molecule has 3 rings (SSSR count). The van der Waals surface area contributed by atoms with Gasteiger partial charge in [-0.3, -0.25) is 19.7 Å². The highest BCUT2D eigenvalue weighted by atomic mass is 16.6. The Kier molecular flexibility index (Phi) is 5.15. The zero-order valence-electron chi connectivity index (χ0n) is 14.6. The smallest absolute Gasteiger partial charge is 0.306 e. The maximum absolute atomic E-state index is 10.7. The van der Waals surface area contributed by atoms with Gasteiger partial charge in [0, 0.05) is 12.6 Å². The first-order valence-corrected chi connectivity index (χ1v) is 8.59. The normalized spacial score (nSPS) is 19.2. The second-order valence-electron chi connectivity index (χ2n) is 6.91. The molecule has 0 bridgehead atoms. The summed E-state index contributed by atoms with van der Waals surface area (Å²) in [5.41, 5.74) is 3.76. The Morgan fingerprint density at radius 2 is 2.04 bits per heavy atom. The first kappa shape index (κ1) is 17.6. The minimum absolute atomic E-state index is 0.0542. The number of aliphatic hydroxyl groups is 1. The number of aromatic nitrogens is 2. The molecule has 0 aliphatic carbocycles. The van der Waals surface area contributed by atoms with Gasteiger partial charge in [0.1, 0.15) is 12.4 Å². The average Bonchev–Trinajstić information content (AvgIpc) is 3.15. The van der Waals surface area contributed by atoms with Crippen molar-refractivity contribution >= 4 is 5.69 Å². The van der Waals surface area contributed by atoms with Crippen molar-refractivity contribution < 1.29 is 10.0 Å². The van der Waals surface area contributed by atoms with E-state index >= 15 is 0 Å². The monoisotopic (exact) mass is 344 g/mol. The van der Waals surface area contributed by atoms with Gasteiger partial charge in [0.2, 0.25) is 0 Å². The van der Waals surface area contributed by atoms with E-state index in [1.54, 1.807) is 0 Å². The molecule has 2 aromatic rings. The van der Waals surface area contributed by atoms with E-state index in [1.165, 1.54) is 33.8 Å². The lowest BCUT2D eigenvalue weighted by molar-refractivity contribution is -0.385. The van der Waals surface area contributed by atoms with Crippen LogP contribution >= 0.6 is 0 Å². The van der Waals surface area contributed by atoms with Crippen molar-refractivity contribution in [2.45, 2.75) is 45.4 Å². The molecule has 1 aromatic heterocycles. The van der Waals surface area contributed by atoms with Gasteiger partial charge >= 0.3 is 5.69 Å². The van der Waals surface area contributed by atoms with E-state index in [-0.39, 0.29) is 12.2 Å². The van der Waals surface area contributed by atoms with Gasteiger partial charge in [-0.1, -0.05) is 29.3 Å². The van der Waals surface area contributed by atoms with Gasteiger partial charge in [-0.2, -0.15) is 5.10 Å². The van der Waals surface area contributed by atoms with Gasteiger partial charge in [0.25, 0.3) is 0 Å². The number of hydrogen-bond acceptors (Lipinski definition) is 5. The van der Waals surface area contributed by atoms with Crippen LogP contribution in [0.5, 0.6) is 0 Å². The zero-order chi connectivity index (χ0) is 18.0. The van der Waals surface area contributed by atoms with Gasteiger partial charge in [-0.25, -0.2) is 0 Å². The maximum Gasteiger partial charge on any atom is 0.306 e. The van der Waals surface area contributed by atoms with Crippen molar-refractivity contribution in [1.29, 1.82) is 0 Å². The van der Waals surface area contributed by atoms with Gasteiger partial charge < -0.3 is 5.11 Å². The molecule has 1 aliphatic heterocycles. The number of likely N-dealkylation sites (tertiary alicyclic amines) is 1. The largest absolute Gasteiger partial charge is 0.390 e. The van der Waals surface area contributed by atoms with E-state index in [1.807, 2.05) is 0 Å². The van der Waals surface area contributed by atoms with Crippen molar-refractivity contribution in [3.05, 3.63) is 57.4 Å². The number of nitrogens with zero attached hydrogens (tertiary/aromatic N) is 4. The van der Waals surface area contributed by atoms with Gasteiger partial charge in [0.05, 0.1) is 17.6 Å². The van der Waals surface area contributed by atoms with Crippen molar-refractivity contribution in [2.75, 3.05) is 13.1 Å². The number of β-amino-alcohol motifs (C(OH)–C–C–N with tert-alkyl or cyclic N) is 1. The molecule has 2 atom stereocenters. The lowest BCUT2D eigenvalue weighted by atomic mass is 9.99. The Morgan fingerprint density at radius 3 is 2.68 bits per heavy atom. The third kappa shape index (κ3) is 4.24. The van der Waals surface area contributed by atoms with Gasteiger partial charge in [0.15, 0.2) is 0 Å². The standard InChI is InChI=1S/C18H24N4O3/c1-13-6-14(2)8-15(7-13)18-4-3-5-20(18)11-17(23)12-21-10-16(9-19-21)22(24)25/h6-10,17-18,23H,3-5,11-12H2,1-2H3. The van der Waals surface area contributed by atoms with Crippen molar-refractivity contribution in [2.24, 2.45) is 0 Å².